The van der Waals surface area contributed by atoms with Crippen LogP contribution in [0.15, 0.2) is 30.5 Å². The van der Waals surface area contributed by atoms with E-state index in [4.69, 9.17) is 16.3 Å². The van der Waals surface area contributed by atoms with Gasteiger partial charge in [-0.05, 0) is 25.1 Å². The van der Waals surface area contributed by atoms with Crippen molar-refractivity contribution < 1.29 is 9.53 Å². The number of ether oxygens (including phenoxy) is 1. The van der Waals surface area contributed by atoms with Crippen LogP contribution < -0.4 is 10.1 Å². The first-order chi connectivity index (χ1) is 10.6. The van der Waals surface area contributed by atoms with Crippen LogP contribution in [0.3, 0.4) is 0 Å². The third-order valence-electron chi connectivity index (χ3n) is 2.99. The van der Waals surface area contributed by atoms with E-state index in [1.807, 2.05) is 13.0 Å². The number of aryl methyl sites for hydroxylation is 1. The molecule has 0 spiro atoms. The van der Waals surface area contributed by atoms with Crippen molar-refractivity contribution in [2.75, 3.05) is 7.05 Å². The number of benzene rings is 1. The van der Waals surface area contributed by atoms with E-state index < -0.39 is 0 Å². The summed E-state index contributed by atoms with van der Waals surface area (Å²) in [6, 6.07) is 6.87. The van der Waals surface area contributed by atoms with Gasteiger partial charge in [-0.3, -0.25) is 9.78 Å². The molecule has 2 aromatic heterocycles. The number of nitrogens with zero attached hydrogens (tertiary/aromatic N) is 2. The number of nitrogens with one attached hydrogen (secondary N) is 1. The molecule has 1 aromatic carbocycles. The second-order valence-electron chi connectivity index (χ2n) is 4.52. The molecule has 0 aliphatic heterocycles. The van der Waals surface area contributed by atoms with Gasteiger partial charge in [0.25, 0.3) is 5.91 Å². The Bertz CT molecular complexity index is 863. The summed E-state index contributed by atoms with van der Waals surface area (Å²) >= 11 is 7.90. The molecular formula is C15H12ClN3O2S. The molecule has 0 atom stereocenters. The second kappa shape index (κ2) is 5.90. The summed E-state index contributed by atoms with van der Waals surface area (Å²) in [5.41, 5.74) is 1.13. The molecular weight excluding hydrogens is 322 g/mol. The lowest BCUT2D eigenvalue weighted by atomic mass is 10.3. The quantitative estimate of drug-likeness (QED) is 0.791. The van der Waals surface area contributed by atoms with Crippen molar-refractivity contribution >= 4 is 39.1 Å². The zero-order valence-electron chi connectivity index (χ0n) is 11.9. The van der Waals surface area contributed by atoms with Crippen molar-refractivity contribution in [2.24, 2.45) is 0 Å². The van der Waals surface area contributed by atoms with E-state index in [2.05, 4.69) is 15.3 Å². The summed E-state index contributed by atoms with van der Waals surface area (Å²) in [6.07, 6.45) is 1.52. The Morgan fingerprint density at radius 2 is 2.18 bits per heavy atom. The predicted octanol–water partition coefficient (Wildman–Crippen LogP) is 3.81. The Labute approximate surface area is 135 Å². The highest BCUT2D eigenvalue weighted by Crippen LogP contribution is 2.38. The van der Waals surface area contributed by atoms with Gasteiger partial charge in [0.05, 0.1) is 15.2 Å². The molecule has 112 valence electrons. The molecule has 0 saturated heterocycles. The van der Waals surface area contributed by atoms with Crippen LogP contribution in [0.4, 0.5) is 0 Å². The van der Waals surface area contributed by atoms with Crippen molar-refractivity contribution in [3.05, 3.63) is 46.2 Å². The number of pyridine rings is 1. The maximum absolute atomic E-state index is 11.6. The van der Waals surface area contributed by atoms with Crippen LogP contribution in [-0.2, 0) is 0 Å². The maximum Gasteiger partial charge on any atom is 0.269 e. The highest BCUT2D eigenvalue weighted by Gasteiger charge is 2.12. The number of amides is 1. The topological polar surface area (TPSA) is 64.1 Å². The van der Waals surface area contributed by atoms with E-state index in [-0.39, 0.29) is 11.6 Å². The van der Waals surface area contributed by atoms with Crippen molar-refractivity contribution in [3.63, 3.8) is 0 Å². The van der Waals surface area contributed by atoms with Gasteiger partial charge in [-0.15, -0.1) is 11.3 Å². The zero-order chi connectivity index (χ0) is 15.7. The molecule has 22 heavy (non-hydrogen) atoms. The maximum atomic E-state index is 11.6. The Hall–Kier alpha value is -2.18. The number of hydrogen-bond donors (Lipinski definition) is 1. The number of aromatic nitrogens is 2. The first-order valence-corrected chi connectivity index (χ1v) is 7.69. The molecule has 5 nitrogen and oxygen atoms in total. The van der Waals surface area contributed by atoms with Gasteiger partial charge in [0.1, 0.15) is 22.2 Å². The molecule has 0 radical (unpaired) electrons. The average Bonchev–Trinajstić information content (AvgIpc) is 2.91. The second-order valence-corrected chi connectivity index (χ2v) is 6.10. The Morgan fingerprint density at radius 3 is 2.95 bits per heavy atom. The molecule has 0 bridgehead atoms. The van der Waals surface area contributed by atoms with E-state index in [0.29, 0.717) is 16.5 Å². The van der Waals surface area contributed by atoms with E-state index in [1.54, 1.807) is 25.2 Å². The lowest BCUT2D eigenvalue weighted by Gasteiger charge is -2.08. The summed E-state index contributed by atoms with van der Waals surface area (Å²) in [5, 5.41) is 3.98. The van der Waals surface area contributed by atoms with Gasteiger partial charge in [-0.2, -0.15) is 0 Å². The molecule has 0 fully saturated rings. The standard InChI is InChI=1S/C15H12ClN3O2S/c1-8-19-10-3-4-12(13(16)14(10)22-8)21-9-5-6-18-11(7-9)15(20)17-2/h3-7H,1-2H3,(H,17,20). The summed E-state index contributed by atoms with van der Waals surface area (Å²) in [4.78, 5) is 20.0. The van der Waals surface area contributed by atoms with Gasteiger partial charge >= 0.3 is 0 Å². The third-order valence-corrected chi connectivity index (χ3v) is 4.48. The monoisotopic (exact) mass is 333 g/mol. The van der Waals surface area contributed by atoms with Gasteiger partial charge in [-0.1, -0.05) is 11.6 Å². The van der Waals surface area contributed by atoms with Crippen LogP contribution in [0.25, 0.3) is 10.2 Å². The number of halogens is 1. The van der Waals surface area contributed by atoms with Gasteiger partial charge < -0.3 is 10.1 Å². The van der Waals surface area contributed by atoms with E-state index in [9.17, 15) is 4.79 Å². The molecule has 2 heterocycles. The van der Waals surface area contributed by atoms with Crippen molar-refractivity contribution in [3.8, 4) is 11.5 Å². The third kappa shape index (κ3) is 2.75. The molecule has 0 aliphatic rings. The summed E-state index contributed by atoms with van der Waals surface area (Å²) < 4.78 is 6.68. The number of carbonyl (C=O) groups excluding carboxylic acids is 1. The first-order valence-electron chi connectivity index (χ1n) is 6.50. The molecule has 0 aliphatic carbocycles. The smallest absolute Gasteiger partial charge is 0.269 e. The predicted molar refractivity (Wildman–Crippen MR) is 87.1 cm³/mol. The van der Waals surface area contributed by atoms with E-state index in [0.717, 1.165) is 15.2 Å². The number of carbonyl (C=O) groups is 1. The minimum Gasteiger partial charge on any atom is -0.456 e. The first kappa shape index (κ1) is 14.7. The fourth-order valence-electron chi connectivity index (χ4n) is 1.99. The van der Waals surface area contributed by atoms with Gasteiger partial charge in [-0.25, -0.2) is 4.98 Å². The van der Waals surface area contributed by atoms with Crippen LogP contribution in [0.2, 0.25) is 5.02 Å². The molecule has 3 aromatic rings. The summed E-state index contributed by atoms with van der Waals surface area (Å²) in [7, 11) is 1.55. The average molecular weight is 334 g/mol. The van der Waals surface area contributed by atoms with Crippen LogP contribution in [0.1, 0.15) is 15.5 Å². The minimum atomic E-state index is -0.273. The van der Waals surface area contributed by atoms with Crippen molar-refractivity contribution in [1.29, 1.82) is 0 Å². The number of fused-ring (bicyclic) bond motifs is 1. The normalized spacial score (nSPS) is 10.7. The molecule has 0 saturated carbocycles. The number of hydrogen-bond acceptors (Lipinski definition) is 5. The highest BCUT2D eigenvalue weighted by atomic mass is 35.5. The van der Waals surface area contributed by atoms with E-state index in [1.165, 1.54) is 17.5 Å². The zero-order valence-corrected chi connectivity index (χ0v) is 13.5. The largest absolute Gasteiger partial charge is 0.456 e. The molecule has 7 heteroatoms. The van der Waals surface area contributed by atoms with Gasteiger partial charge in [0.15, 0.2) is 0 Å². The number of thiazole rings is 1. The van der Waals surface area contributed by atoms with E-state index >= 15 is 0 Å². The van der Waals surface area contributed by atoms with Crippen molar-refractivity contribution in [2.45, 2.75) is 6.92 Å². The van der Waals surface area contributed by atoms with Crippen LogP contribution in [-0.4, -0.2) is 22.9 Å². The highest BCUT2D eigenvalue weighted by molar-refractivity contribution is 7.19. The Morgan fingerprint density at radius 1 is 1.36 bits per heavy atom. The Balaban J connectivity index is 1.96. The molecule has 1 N–H and O–H groups in total. The van der Waals surface area contributed by atoms with Crippen LogP contribution in [0.5, 0.6) is 11.5 Å². The lowest BCUT2D eigenvalue weighted by molar-refractivity contribution is 0.0958. The SMILES string of the molecule is CNC(=O)c1cc(Oc2ccc3nc(C)sc3c2Cl)ccn1. The van der Waals surface area contributed by atoms with Gasteiger partial charge in [0, 0.05) is 19.3 Å². The van der Waals surface area contributed by atoms with Crippen molar-refractivity contribution in [1.82, 2.24) is 15.3 Å². The molecule has 3 rings (SSSR count). The lowest BCUT2D eigenvalue weighted by Crippen LogP contribution is -2.18. The fourth-order valence-corrected chi connectivity index (χ4v) is 3.15. The van der Waals surface area contributed by atoms with Crippen LogP contribution >= 0.6 is 22.9 Å². The number of rotatable bonds is 3. The summed E-state index contributed by atoms with van der Waals surface area (Å²) in [6.45, 7) is 1.93. The minimum absolute atomic E-state index is 0.273. The fraction of sp³-hybridized carbons (Fsp3) is 0.133. The Kier molecular flexibility index (Phi) is 3.96. The molecule has 1 amide bonds. The molecule has 0 unspecified atom stereocenters. The summed E-state index contributed by atoms with van der Waals surface area (Å²) in [5.74, 6) is 0.744. The van der Waals surface area contributed by atoms with Crippen LogP contribution in [0, 0.1) is 6.92 Å². The van der Waals surface area contributed by atoms with Gasteiger partial charge in [0.2, 0.25) is 0 Å².